The summed E-state index contributed by atoms with van der Waals surface area (Å²) in [6.45, 7) is 6.67. The number of carbonyl (C=O) groups excluding carboxylic acids is 2. The summed E-state index contributed by atoms with van der Waals surface area (Å²) in [6.07, 6.45) is 3.21. The first kappa shape index (κ1) is 28.3. The smallest absolute Gasteiger partial charge is 0.357 e. The van der Waals surface area contributed by atoms with Crippen LogP contribution in [-0.4, -0.2) is 49.4 Å². The lowest BCUT2D eigenvalue weighted by Crippen LogP contribution is -2.39. The van der Waals surface area contributed by atoms with Gasteiger partial charge in [0.2, 0.25) is 0 Å². The summed E-state index contributed by atoms with van der Waals surface area (Å²) < 4.78 is 35.1. The average molecular weight is 545 g/mol. The Morgan fingerprint density at radius 2 is 1.76 bits per heavy atom. The van der Waals surface area contributed by atoms with Crippen LogP contribution in [0.1, 0.15) is 49.1 Å². The van der Waals surface area contributed by atoms with Crippen LogP contribution < -0.4 is 10.0 Å². The lowest BCUT2D eigenvalue weighted by Gasteiger charge is -2.14. The van der Waals surface area contributed by atoms with Gasteiger partial charge in [0.05, 0.1) is 11.5 Å². The molecule has 3 aromatic rings. The molecule has 1 aromatic heterocycles. The van der Waals surface area contributed by atoms with E-state index >= 15 is 0 Å². The second-order valence-corrected chi connectivity index (χ2v) is 10.5. The van der Waals surface area contributed by atoms with E-state index < -0.39 is 22.0 Å². The Balaban J connectivity index is 1.92. The number of aryl methyl sites for hydroxylation is 1. The van der Waals surface area contributed by atoms with Crippen LogP contribution in [0.25, 0.3) is 11.1 Å². The third-order valence-electron chi connectivity index (χ3n) is 5.54. The Labute approximate surface area is 222 Å². The molecule has 11 heteroatoms. The van der Waals surface area contributed by atoms with E-state index in [1.165, 1.54) is 17.8 Å². The van der Waals surface area contributed by atoms with Crippen molar-refractivity contribution < 1.29 is 22.7 Å². The fraction of sp³-hybridized carbons (Fsp3) is 0.346. The maximum absolute atomic E-state index is 12.9. The van der Waals surface area contributed by atoms with Crippen molar-refractivity contribution in [3.05, 3.63) is 65.6 Å². The highest BCUT2D eigenvalue weighted by Crippen LogP contribution is 2.29. The molecule has 2 amide bonds. The number of urea groups is 1. The summed E-state index contributed by atoms with van der Waals surface area (Å²) in [4.78, 5) is 29.3. The van der Waals surface area contributed by atoms with Crippen LogP contribution in [0.2, 0.25) is 0 Å². The normalized spacial score (nSPS) is 11.2. The molecule has 1 heterocycles. The first-order chi connectivity index (χ1) is 17.7. The SMILES string of the molecule is CCCNC(=O)NS(=O)(=O)c1ccccc1-c1ccc(Cn2c(CC)nc(SC)c2C(=O)OCC)cc1. The molecule has 0 aliphatic carbocycles. The van der Waals surface area contributed by atoms with Gasteiger partial charge >= 0.3 is 12.0 Å². The van der Waals surface area contributed by atoms with E-state index in [-0.39, 0.29) is 11.5 Å². The lowest BCUT2D eigenvalue weighted by atomic mass is 10.0. The van der Waals surface area contributed by atoms with E-state index in [4.69, 9.17) is 4.74 Å². The second-order valence-electron chi connectivity index (χ2n) is 8.10. The Bertz CT molecular complexity index is 1350. The third-order valence-corrected chi connectivity index (χ3v) is 7.60. The summed E-state index contributed by atoms with van der Waals surface area (Å²) >= 11 is 1.40. The average Bonchev–Trinajstić information content (AvgIpc) is 3.25. The van der Waals surface area contributed by atoms with E-state index in [0.717, 1.165) is 11.4 Å². The number of esters is 1. The number of nitrogens with one attached hydrogen (secondary N) is 2. The van der Waals surface area contributed by atoms with Crippen LogP contribution in [0, 0.1) is 0 Å². The summed E-state index contributed by atoms with van der Waals surface area (Å²) in [6, 6.07) is 13.2. The fourth-order valence-electron chi connectivity index (χ4n) is 3.82. The molecule has 0 spiro atoms. The largest absolute Gasteiger partial charge is 0.461 e. The van der Waals surface area contributed by atoms with Gasteiger partial charge in [0.15, 0.2) is 5.69 Å². The molecule has 0 saturated carbocycles. The van der Waals surface area contributed by atoms with Gasteiger partial charge in [0, 0.05) is 25.1 Å². The minimum atomic E-state index is -4.09. The van der Waals surface area contributed by atoms with Gasteiger partial charge in [-0.2, -0.15) is 0 Å². The molecular formula is C26H32N4O5S2. The summed E-state index contributed by atoms with van der Waals surface area (Å²) in [5, 5.41) is 3.14. The van der Waals surface area contributed by atoms with Crippen molar-refractivity contribution in [2.75, 3.05) is 19.4 Å². The molecule has 37 heavy (non-hydrogen) atoms. The quantitative estimate of drug-likeness (QED) is 0.270. The second kappa shape index (κ2) is 12.8. The Morgan fingerprint density at radius 1 is 1.05 bits per heavy atom. The first-order valence-corrected chi connectivity index (χ1v) is 14.8. The van der Waals surface area contributed by atoms with Crippen LogP contribution >= 0.6 is 11.8 Å². The number of hydrogen-bond donors (Lipinski definition) is 2. The topological polar surface area (TPSA) is 119 Å². The van der Waals surface area contributed by atoms with Gasteiger partial charge in [0.25, 0.3) is 10.0 Å². The van der Waals surface area contributed by atoms with Gasteiger partial charge in [-0.25, -0.2) is 27.7 Å². The van der Waals surface area contributed by atoms with Crippen molar-refractivity contribution >= 4 is 33.8 Å². The number of imidazole rings is 1. The number of hydrogen-bond acceptors (Lipinski definition) is 7. The molecule has 2 aromatic carbocycles. The number of carbonyl (C=O) groups is 2. The molecule has 2 N–H and O–H groups in total. The predicted molar refractivity (Wildman–Crippen MR) is 144 cm³/mol. The summed E-state index contributed by atoms with van der Waals surface area (Å²) in [7, 11) is -4.09. The van der Waals surface area contributed by atoms with Crippen LogP contribution in [0.3, 0.4) is 0 Å². The molecule has 3 rings (SSSR count). The van der Waals surface area contributed by atoms with E-state index in [9.17, 15) is 18.0 Å². The van der Waals surface area contributed by atoms with Gasteiger partial charge in [-0.3, -0.25) is 0 Å². The maximum Gasteiger partial charge on any atom is 0.357 e. The number of thioether (sulfide) groups is 1. The van der Waals surface area contributed by atoms with Crippen LogP contribution in [0.4, 0.5) is 4.79 Å². The molecule has 0 aliphatic heterocycles. The van der Waals surface area contributed by atoms with Gasteiger partial charge in [0.1, 0.15) is 10.9 Å². The van der Waals surface area contributed by atoms with E-state index in [1.54, 1.807) is 25.1 Å². The van der Waals surface area contributed by atoms with E-state index in [1.807, 2.05) is 48.9 Å². The first-order valence-electron chi connectivity index (χ1n) is 12.0. The van der Waals surface area contributed by atoms with Crippen LogP contribution in [-0.2, 0) is 27.7 Å². The zero-order valence-electron chi connectivity index (χ0n) is 21.4. The van der Waals surface area contributed by atoms with E-state index in [0.29, 0.717) is 47.8 Å². The number of nitrogens with zero attached hydrogens (tertiary/aromatic N) is 2. The molecule has 0 saturated heterocycles. The molecular weight excluding hydrogens is 512 g/mol. The number of aromatic nitrogens is 2. The zero-order valence-corrected chi connectivity index (χ0v) is 23.0. The predicted octanol–water partition coefficient (Wildman–Crippen LogP) is 4.46. The number of sulfonamides is 1. The highest BCUT2D eigenvalue weighted by atomic mass is 32.2. The molecule has 0 radical (unpaired) electrons. The number of benzene rings is 2. The van der Waals surface area contributed by atoms with Crippen molar-refractivity contribution in [1.82, 2.24) is 19.6 Å². The highest BCUT2D eigenvalue weighted by Gasteiger charge is 2.24. The standard InChI is InChI=1S/C26H32N4O5S2/c1-5-16-27-26(32)29-37(33,34)21-11-9-8-10-20(21)19-14-12-18(13-15-19)17-30-22(6-2)28-24(36-4)23(30)25(31)35-7-3/h8-15H,5-7,16-17H2,1-4H3,(H2,27,29,32). The third kappa shape index (κ3) is 6.72. The van der Waals surface area contributed by atoms with Crippen molar-refractivity contribution in [3.8, 4) is 11.1 Å². The zero-order chi connectivity index (χ0) is 27.0. The van der Waals surface area contributed by atoms with Crippen molar-refractivity contribution in [1.29, 1.82) is 0 Å². The van der Waals surface area contributed by atoms with Gasteiger partial charge in [-0.1, -0.05) is 56.3 Å². The van der Waals surface area contributed by atoms with Gasteiger partial charge in [-0.15, -0.1) is 11.8 Å². The van der Waals surface area contributed by atoms with Crippen LogP contribution in [0.15, 0.2) is 58.5 Å². The molecule has 0 bridgehead atoms. The Hall–Kier alpha value is -3.31. The molecule has 0 unspecified atom stereocenters. The molecule has 0 atom stereocenters. The van der Waals surface area contributed by atoms with Gasteiger partial charge in [-0.05, 0) is 36.8 Å². The van der Waals surface area contributed by atoms with Gasteiger partial charge < -0.3 is 14.6 Å². The Morgan fingerprint density at radius 3 is 2.38 bits per heavy atom. The molecule has 0 aliphatic rings. The Kier molecular flexibility index (Phi) is 9.76. The lowest BCUT2D eigenvalue weighted by molar-refractivity contribution is 0.0509. The number of ether oxygens (including phenoxy) is 1. The monoisotopic (exact) mass is 544 g/mol. The van der Waals surface area contributed by atoms with E-state index in [2.05, 4.69) is 15.0 Å². The number of rotatable bonds is 11. The minimum Gasteiger partial charge on any atom is -0.461 e. The van der Waals surface area contributed by atoms with Crippen molar-refractivity contribution in [2.45, 2.75) is 50.1 Å². The minimum absolute atomic E-state index is 0.00601. The molecule has 198 valence electrons. The van der Waals surface area contributed by atoms with Crippen molar-refractivity contribution in [2.24, 2.45) is 0 Å². The fourth-order valence-corrected chi connectivity index (χ4v) is 5.56. The highest BCUT2D eigenvalue weighted by molar-refractivity contribution is 7.98. The molecule has 0 fully saturated rings. The molecule has 9 nitrogen and oxygen atoms in total. The number of amides is 2. The van der Waals surface area contributed by atoms with Crippen molar-refractivity contribution in [3.63, 3.8) is 0 Å². The van der Waals surface area contributed by atoms with Crippen LogP contribution in [0.5, 0.6) is 0 Å². The maximum atomic E-state index is 12.9. The summed E-state index contributed by atoms with van der Waals surface area (Å²) in [5.41, 5.74) is 2.49. The summed E-state index contributed by atoms with van der Waals surface area (Å²) in [5.74, 6) is 0.366.